The van der Waals surface area contributed by atoms with Gasteiger partial charge in [0.05, 0.1) is 29.5 Å². The summed E-state index contributed by atoms with van der Waals surface area (Å²) in [6.07, 6.45) is 7.52. The van der Waals surface area contributed by atoms with Gasteiger partial charge in [0.25, 0.3) is 0 Å². The number of nitrogens with one attached hydrogen (secondary N) is 1. The maximum atomic E-state index is 13.6. The first-order valence-electron chi connectivity index (χ1n) is 11.7. The molecule has 2 aromatic carbocycles. The van der Waals surface area contributed by atoms with E-state index in [-0.39, 0.29) is 24.4 Å². The molecule has 0 unspecified atom stereocenters. The lowest BCUT2D eigenvalue weighted by molar-refractivity contribution is -0.157. The number of nitrogens with zero attached hydrogens (tertiary/aromatic N) is 3. The van der Waals surface area contributed by atoms with E-state index < -0.39 is 0 Å². The molecule has 3 aromatic rings. The summed E-state index contributed by atoms with van der Waals surface area (Å²) in [5, 5.41) is 12.8. The Balaban J connectivity index is 1.41. The lowest BCUT2D eigenvalue weighted by atomic mass is 9.91. The van der Waals surface area contributed by atoms with Gasteiger partial charge in [0.1, 0.15) is 5.82 Å². The quantitative estimate of drug-likeness (QED) is 0.327. The standard InChI is InChI=1S/C25H30N4O3/c30-16-28(32)15-20(12-17-6-1-2-7-17)25(31)29-11-5-10-23(29)24-26-21-13-18-8-3-4-9-19(18)14-22(21)27-24/h3-4,8-9,13-14,16-17,20,23,32H,1-2,5-7,10-12,15H2,(H,26,27)/t20-,23+/m1/s1. The van der Waals surface area contributed by atoms with Crippen molar-refractivity contribution in [2.75, 3.05) is 13.1 Å². The van der Waals surface area contributed by atoms with Crippen LogP contribution in [0.15, 0.2) is 36.4 Å². The predicted octanol–water partition coefficient (Wildman–Crippen LogP) is 4.42. The number of hydrogen-bond donors (Lipinski definition) is 2. The van der Waals surface area contributed by atoms with E-state index in [1.807, 2.05) is 17.0 Å². The van der Waals surface area contributed by atoms with Gasteiger partial charge in [-0.2, -0.15) is 0 Å². The van der Waals surface area contributed by atoms with Crippen molar-refractivity contribution in [3.8, 4) is 0 Å². The van der Waals surface area contributed by atoms with Crippen molar-refractivity contribution >= 4 is 34.1 Å². The molecule has 32 heavy (non-hydrogen) atoms. The Morgan fingerprint density at radius 3 is 2.69 bits per heavy atom. The van der Waals surface area contributed by atoms with E-state index in [2.05, 4.69) is 29.2 Å². The summed E-state index contributed by atoms with van der Waals surface area (Å²) in [5.74, 6) is 0.937. The van der Waals surface area contributed by atoms with Crippen molar-refractivity contribution in [2.24, 2.45) is 11.8 Å². The third kappa shape index (κ3) is 4.09. The molecule has 2 heterocycles. The first-order chi connectivity index (χ1) is 15.6. The highest BCUT2D eigenvalue weighted by molar-refractivity contribution is 5.95. The first-order valence-corrected chi connectivity index (χ1v) is 11.7. The van der Waals surface area contributed by atoms with E-state index in [1.54, 1.807) is 0 Å². The minimum atomic E-state index is -0.388. The highest BCUT2D eigenvalue weighted by Gasteiger charge is 2.37. The monoisotopic (exact) mass is 434 g/mol. The van der Waals surface area contributed by atoms with E-state index in [4.69, 9.17) is 4.98 Å². The number of hydrogen-bond acceptors (Lipinski definition) is 4. The number of carbonyl (C=O) groups is 2. The molecule has 0 spiro atoms. The highest BCUT2D eigenvalue weighted by atomic mass is 16.5. The van der Waals surface area contributed by atoms with Gasteiger partial charge in [0.2, 0.25) is 12.3 Å². The zero-order valence-electron chi connectivity index (χ0n) is 18.2. The van der Waals surface area contributed by atoms with Gasteiger partial charge in [-0.1, -0.05) is 49.9 Å². The van der Waals surface area contributed by atoms with Crippen LogP contribution in [0.5, 0.6) is 0 Å². The number of imidazole rings is 1. The van der Waals surface area contributed by atoms with Crippen molar-refractivity contribution in [1.82, 2.24) is 19.9 Å². The SMILES string of the molecule is O=CN(O)C[C@@H](CC1CCCC1)C(=O)N1CCC[C@H]1c1nc2cc3ccccc3cc2[nH]1. The molecule has 7 heteroatoms. The van der Waals surface area contributed by atoms with E-state index >= 15 is 0 Å². The summed E-state index contributed by atoms with van der Waals surface area (Å²) in [7, 11) is 0. The van der Waals surface area contributed by atoms with Crippen LogP contribution in [0.25, 0.3) is 21.8 Å². The van der Waals surface area contributed by atoms with Gasteiger partial charge in [-0.25, -0.2) is 10.0 Å². The molecule has 1 saturated heterocycles. The molecule has 1 aliphatic carbocycles. The molecular weight excluding hydrogens is 404 g/mol. The fourth-order valence-corrected chi connectivity index (χ4v) is 5.59. The number of carbonyl (C=O) groups excluding carboxylic acids is 2. The van der Waals surface area contributed by atoms with E-state index in [9.17, 15) is 14.8 Å². The van der Waals surface area contributed by atoms with Gasteiger partial charge in [0, 0.05) is 6.54 Å². The van der Waals surface area contributed by atoms with Crippen LogP contribution in [0, 0.1) is 11.8 Å². The average Bonchev–Trinajstić information content (AvgIpc) is 3.56. The zero-order chi connectivity index (χ0) is 22.1. The minimum absolute atomic E-state index is 0.0194. The van der Waals surface area contributed by atoms with Crippen molar-refractivity contribution in [3.63, 3.8) is 0 Å². The molecule has 7 nitrogen and oxygen atoms in total. The zero-order valence-corrected chi connectivity index (χ0v) is 18.2. The summed E-state index contributed by atoms with van der Waals surface area (Å²) < 4.78 is 0. The fourth-order valence-electron chi connectivity index (χ4n) is 5.59. The second-order valence-corrected chi connectivity index (χ2v) is 9.34. The summed E-state index contributed by atoms with van der Waals surface area (Å²) in [6.45, 7) is 0.726. The Bertz CT molecular complexity index is 1070. The van der Waals surface area contributed by atoms with Crippen molar-refractivity contribution < 1.29 is 14.8 Å². The number of aromatic amines is 1. The number of fused-ring (bicyclic) bond motifs is 2. The van der Waals surface area contributed by atoms with Crippen LogP contribution < -0.4 is 0 Å². The van der Waals surface area contributed by atoms with Crippen LogP contribution in [0.2, 0.25) is 0 Å². The average molecular weight is 435 g/mol. The second-order valence-electron chi connectivity index (χ2n) is 9.34. The molecule has 2 atom stereocenters. The molecule has 0 radical (unpaired) electrons. The number of rotatable bonds is 7. The third-order valence-corrected chi connectivity index (χ3v) is 7.19. The van der Waals surface area contributed by atoms with Crippen molar-refractivity contribution in [1.29, 1.82) is 0 Å². The molecule has 5 rings (SSSR count). The van der Waals surface area contributed by atoms with Gasteiger partial charge in [-0.3, -0.25) is 14.8 Å². The molecule has 1 aliphatic heterocycles. The first kappa shape index (κ1) is 20.9. The lowest BCUT2D eigenvalue weighted by Crippen LogP contribution is -2.41. The Labute approximate surface area is 187 Å². The minimum Gasteiger partial charge on any atom is -0.340 e. The van der Waals surface area contributed by atoms with Crippen LogP contribution >= 0.6 is 0 Å². The van der Waals surface area contributed by atoms with Crippen LogP contribution in [0.4, 0.5) is 0 Å². The third-order valence-electron chi connectivity index (χ3n) is 7.19. The number of hydroxylamine groups is 2. The molecule has 0 bridgehead atoms. The van der Waals surface area contributed by atoms with Crippen LogP contribution in [0.1, 0.15) is 56.8 Å². The van der Waals surface area contributed by atoms with Crippen molar-refractivity contribution in [3.05, 3.63) is 42.2 Å². The topological polar surface area (TPSA) is 89.5 Å². The van der Waals surface area contributed by atoms with Gasteiger partial charge >= 0.3 is 0 Å². The van der Waals surface area contributed by atoms with Gasteiger partial charge in [0.15, 0.2) is 0 Å². The maximum Gasteiger partial charge on any atom is 0.233 e. The maximum absolute atomic E-state index is 13.6. The Kier molecular flexibility index (Phi) is 5.83. The molecule has 2 amide bonds. The highest BCUT2D eigenvalue weighted by Crippen LogP contribution is 2.36. The molecule has 1 aromatic heterocycles. The van der Waals surface area contributed by atoms with Crippen LogP contribution in [0.3, 0.4) is 0 Å². The normalized spacial score (nSPS) is 20.3. The molecular formula is C25H30N4O3. The lowest BCUT2D eigenvalue weighted by Gasteiger charge is -2.30. The second kappa shape index (κ2) is 8.90. The fraction of sp³-hybridized carbons (Fsp3) is 0.480. The molecule has 168 valence electrons. The van der Waals surface area contributed by atoms with E-state index in [0.29, 0.717) is 23.9 Å². The Morgan fingerprint density at radius 1 is 1.19 bits per heavy atom. The Morgan fingerprint density at radius 2 is 1.94 bits per heavy atom. The summed E-state index contributed by atoms with van der Waals surface area (Å²) in [4.78, 5) is 34.9. The Hall–Kier alpha value is -2.93. The van der Waals surface area contributed by atoms with Crippen LogP contribution in [-0.2, 0) is 9.59 Å². The summed E-state index contributed by atoms with van der Waals surface area (Å²) in [6, 6.07) is 12.3. The van der Waals surface area contributed by atoms with Gasteiger partial charge in [-0.05, 0) is 48.1 Å². The largest absolute Gasteiger partial charge is 0.340 e. The summed E-state index contributed by atoms with van der Waals surface area (Å²) >= 11 is 0. The number of H-pyrrole nitrogens is 1. The number of benzene rings is 2. The summed E-state index contributed by atoms with van der Waals surface area (Å²) in [5.41, 5.74) is 1.88. The van der Waals surface area contributed by atoms with Crippen molar-refractivity contribution in [2.45, 2.75) is 51.0 Å². The molecule has 2 aliphatic rings. The van der Waals surface area contributed by atoms with Crippen LogP contribution in [-0.4, -0.2) is 50.5 Å². The number of likely N-dealkylation sites (tertiary alicyclic amines) is 1. The van der Waals surface area contributed by atoms with E-state index in [1.165, 1.54) is 12.8 Å². The molecule has 2 N–H and O–H groups in total. The molecule has 1 saturated carbocycles. The van der Waals surface area contributed by atoms with Gasteiger partial charge < -0.3 is 9.88 Å². The number of amides is 2. The molecule has 2 fully saturated rings. The van der Waals surface area contributed by atoms with E-state index in [0.717, 1.165) is 59.7 Å². The predicted molar refractivity (Wildman–Crippen MR) is 122 cm³/mol. The smallest absolute Gasteiger partial charge is 0.233 e. The van der Waals surface area contributed by atoms with Gasteiger partial charge in [-0.15, -0.1) is 0 Å². The number of aromatic nitrogens is 2.